The van der Waals surface area contributed by atoms with Gasteiger partial charge in [0.15, 0.2) is 0 Å². The maximum Gasteiger partial charge on any atom is 0.242 e. The minimum Gasteiger partial charge on any atom is -0.339 e. The van der Waals surface area contributed by atoms with Crippen molar-refractivity contribution in [1.82, 2.24) is 24.6 Å². The van der Waals surface area contributed by atoms with Gasteiger partial charge < -0.3 is 9.47 Å². The van der Waals surface area contributed by atoms with Crippen molar-refractivity contribution in [1.29, 1.82) is 0 Å². The van der Waals surface area contributed by atoms with Gasteiger partial charge in [0.1, 0.15) is 12.1 Å². The van der Waals surface area contributed by atoms with E-state index in [-0.39, 0.29) is 11.8 Å². The number of para-hydroxylation sites is 1. The Hall–Kier alpha value is -2.78. The molecule has 9 heteroatoms. The van der Waals surface area contributed by atoms with Crippen LogP contribution in [0.15, 0.2) is 36.0 Å². The zero-order chi connectivity index (χ0) is 19.5. The third-order valence-electron chi connectivity index (χ3n) is 4.99. The summed E-state index contributed by atoms with van der Waals surface area (Å²) in [4.78, 5) is 28.7. The molecule has 1 aliphatic rings. The monoisotopic (exact) mass is 398 g/mol. The number of aromatic nitrogens is 3. The van der Waals surface area contributed by atoms with Gasteiger partial charge in [-0.25, -0.2) is 0 Å². The molecule has 28 heavy (non-hydrogen) atoms. The number of nitrogens with zero attached hydrogens (tertiary/aromatic N) is 5. The molecule has 2 amide bonds. The number of nitrogens with one attached hydrogen (secondary N) is 1. The second-order valence-corrected chi connectivity index (χ2v) is 7.74. The summed E-state index contributed by atoms with van der Waals surface area (Å²) in [6.45, 7) is 5.32. The fourth-order valence-electron chi connectivity index (χ4n) is 3.55. The number of carbonyl (C=O) groups excluding carboxylic acids is 2. The van der Waals surface area contributed by atoms with Gasteiger partial charge in [-0.1, -0.05) is 29.5 Å². The van der Waals surface area contributed by atoms with Crippen LogP contribution < -0.4 is 5.32 Å². The molecule has 0 spiro atoms. The minimum absolute atomic E-state index is 0.106. The maximum absolute atomic E-state index is 12.8. The molecule has 1 N–H and O–H groups in total. The van der Waals surface area contributed by atoms with Crippen LogP contribution in [-0.4, -0.2) is 69.1 Å². The largest absolute Gasteiger partial charge is 0.339 e. The summed E-state index contributed by atoms with van der Waals surface area (Å²) in [7, 11) is 0. The smallest absolute Gasteiger partial charge is 0.242 e. The van der Waals surface area contributed by atoms with Gasteiger partial charge in [-0.05, 0) is 18.6 Å². The molecule has 1 aromatic carbocycles. The van der Waals surface area contributed by atoms with Gasteiger partial charge in [0.25, 0.3) is 0 Å². The summed E-state index contributed by atoms with van der Waals surface area (Å²) in [5.41, 5.74) is 3.84. The molecule has 4 rings (SSSR count). The lowest BCUT2D eigenvalue weighted by Crippen LogP contribution is -2.51. The number of carbonyl (C=O) groups is 2. The lowest BCUT2D eigenvalue weighted by atomic mass is 10.2. The van der Waals surface area contributed by atoms with Crippen molar-refractivity contribution in [3.8, 4) is 0 Å². The standard InChI is InChI=1S/C19H22N6O2S/c1-14-10-25(16-5-3-2-4-15(14)16)12-18(27)24-8-6-23(7-9-24)11-17(26)21-19-22-20-13-28-19/h2-5,10,13H,6-9,11-12H2,1H3,(H,21,22,26). The Labute approximate surface area is 166 Å². The third-order valence-corrected chi connectivity index (χ3v) is 5.60. The van der Waals surface area contributed by atoms with Crippen LogP contribution in [-0.2, 0) is 16.1 Å². The van der Waals surface area contributed by atoms with E-state index in [9.17, 15) is 9.59 Å². The van der Waals surface area contributed by atoms with Crippen LogP contribution in [0.1, 0.15) is 5.56 Å². The van der Waals surface area contributed by atoms with Crippen molar-refractivity contribution in [2.75, 3.05) is 38.0 Å². The number of benzene rings is 1. The summed E-state index contributed by atoms with van der Waals surface area (Å²) in [5.74, 6) is 0.00419. The Morgan fingerprint density at radius 3 is 2.68 bits per heavy atom. The Balaban J connectivity index is 1.29. The molecule has 0 aliphatic carbocycles. The molecule has 8 nitrogen and oxygen atoms in total. The van der Waals surface area contributed by atoms with E-state index < -0.39 is 0 Å². The number of rotatable bonds is 5. The molecule has 0 unspecified atom stereocenters. The average molecular weight is 398 g/mol. The van der Waals surface area contributed by atoms with E-state index in [2.05, 4.69) is 33.4 Å². The first-order valence-electron chi connectivity index (χ1n) is 9.21. The van der Waals surface area contributed by atoms with E-state index in [4.69, 9.17) is 0 Å². The van der Waals surface area contributed by atoms with Crippen LogP contribution >= 0.6 is 11.3 Å². The number of fused-ring (bicyclic) bond motifs is 1. The fraction of sp³-hybridized carbons (Fsp3) is 0.368. The van der Waals surface area contributed by atoms with Crippen molar-refractivity contribution in [2.45, 2.75) is 13.5 Å². The minimum atomic E-state index is -0.106. The quantitative estimate of drug-likeness (QED) is 0.706. The molecule has 0 saturated carbocycles. The Kier molecular flexibility index (Phi) is 5.36. The summed E-state index contributed by atoms with van der Waals surface area (Å²) in [6, 6.07) is 8.14. The van der Waals surface area contributed by atoms with Crippen molar-refractivity contribution >= 4 is 39.2 Å². The van der Waals surface area contributed by atoms with E-state index in [0.717, 1.165) is 5.52 Å². The topological polar surface area (TPSA) is 83.4 Å². The molecule has 3 aromatic rings. The highest BCUT2D eigenvalue weighted by atomic mass is 32.1. The van der Waals surface area contributed by atoms with Gasteiger partial charge in [-0.2, -0.15) is 0 Å². The Morgan fingerprint density at radius 1 is 1.14 bits per heavy atom. The normalized spacial score (nSPS) is 15.1. The van der Waals surface area contributed by atoms with Crippen LogP contribution in [0.2, 0.25) is 0 Å². The first-order valence-corrected chi connectivity index (χ1v) is 10.1. The predicted octanol–water partition coefficient (Wildman–Crippen LogP) is 1.58. The molecule has 3 heterocycles. The predicted molar refractivity (Wildman–Crippen MR) is 108 cm³/mol. The van der Waals surface area contributed by atoms with E-state index in [1.54, 1.807) is 5.51 Å². The van der Waals surface area contributed by atoms with Crippen molar-refractivity contribution in [3.05, 3.63) is 41.5 Å². The summed E-state index contributed by atoms with van der Waals surface area (Å²) < 4.78 is 2.02. The number of anilines is 1. The van der Waals surface area contributed by atoms with Gasteiger partial charge in [0.2, 0.25) is 16.9 Å². The molecule has 0 atom stereocenters. The van der Waals surface area contributed by atoms with Gasteiger partial charge in [0, 0.05) is 43.3 Å². The molecule has 1 fully saturated rings. The van der Waals surface area contributed by atoms with Crippen LogP contribution in [0, 0.1) is 6.92 Å². The maximum atomic E-state index is 12.8. The SMILES string of the molecule is Cc1cn(CC(=O)N2CCN(CC(=O)Nc3nncs3)CC2)c2ccccc12. The van der Waals surface area contributed by atoms with Gasteiger partial charge in [-0.15, -0.1) is 10.2 Å². The number of amides is 2. The van der Waals surface area contributed by atoms with Crippen molar-refractivity contribution in [2.24, 2.45) is 0 Å². The number of aryl methyl sites for hydroxylation is 1. The van der Waals surface area contributed by atoms with Crippen molar-refractivity contribution in [3.63, 3.8) is 0 Å². The molecule has 2 aromatic heterocycles. The second-order valence-electron chi connectivity index (χ2n) is 6.91. The van der Waals surface area contributed by atoms with E-state index in [1.807, 2.05) is 33.9 Å². The van der Waals surface area contributed by atoms with E-state index >= 15 is 0 Å². The highest BCUT2D eigenvalue weighted by molar-refractivity contribution is 7.13. The average Bonchev–Trinajstić information content (AvgIpc) is 3.31. The molecule has 0 bridgehead atoms. The first-order chi connectivity index (χ1) is 13.6. The molecule has 1 aliphatic heterocycles. The van der Waals surface area contributed by atoms with Crippen LogP contribution in [0.25, 0.3) is 10.9 Å². The van der Waals surface area contributed by atoms with Crippen molar-refractivity contribution < 1.29 is 9.59 Å². The highest BCUT2D eigenvalue weighted by Crippen LogP contribution is 2.20. The summed E-state index contributed by atoms with van der Waals surface area (Å²) >= 11 is 1.29. The van der Waals surface area contributed by atoms with Crippen LogP contribution in [0.3, 0.4) is 0 Å². The highest BCUT2D eigenvalue weighted by Gasteiger charge is 2.23. The Morgan fingerprint density at radius 2 is 1.93 bits per heavy atom. The van der Waals surface area contributed by atoms with Crippen LogP contribution in [0.4, 0.5) is 5.13 Å². The molecule has 0 radical (unpaired) electrons. The first kappa shape index (κ1) is 18.6. The molecular weight excluding hydrogens is 376 g/mol. The van der Waals surface area contributed by atoms with Gasteiger partial charge >= 0.3 is 0 Å². The molecular formula is C19H22N6O2S. The number of hydrogen-bond donors (Lipinski definition) is 1. The fourth-order valence-corrected chi connectivity index (χ4v) is 4.01. The number of hydrogen-bond acceptors (Lipinski definition) is 6. The van der Waals surface area contributed by atoms with E-state index in [0.29, 0.717) is 44.4 Å². The molecule has 146 valence electrons. The van der Waals surface area contributed by atoms with Gasteiger partial charge in [0.05, 0.1) is 6.54 Å². The lowest BCUT2D eigenvalue weighted by molar-refractivity contribution is -0.133. The van der Waals surface area contributed by atoms with Gasteiger partial charge in [-0.3, -0.25) is 19.8 Å². The zero-order valence-electron chi connectivity index (χ0n) is 15.7. The summed E-state index contributed by atoms with van der Waals surface area (Å²) in [5, 5.41) is 11.9. The van der Waals surface area contributed by atoms with E-state index in [1.165, 1.54) is 22.3 Å². The third kappa shape index (κ3) is 4.05. The molecule has 1 saturated heterocycles. The Bertz CT molecular complexity index is 976. The summed E-state index contributed by atoms with van der Waals surface area (Å²) in [6.07, 6.45) is 2.04. The zero-order valence-corrected chi connectivity index (χ0v) is 16.5. The second kappa shape index (κ2) is 8.07. The van der Waals surface area contributed by atoms with Crippen LogP contribution in [0.5, 0.6) is 0 Å². The lowest BCUT2D eigenvalue weighted by Gasteiger charge is -2.34. The number of piperazine rings is 1.